The molecule has 0 saturated carbocycles. The van der Waals surface area contributed by atoms with Crippen LogP contribution in [0.4, 0.5) is 38.9 Å². The van der Waals surface area contributed by atoms with Crippen LogP contribution < -0.4 is 55.0 Å². The van der Waals surface area contributed by atoms with Crippen LogP contribution in [0.5, 0.6) is 11.5 Å². The van der Waals surface area contributed by atoms with E-state index in [-0.39, 0.29) is 74.4 Å². The normalized spacial score (nSPS) is 12.6. The van der Waals surface area contributed by atoms with Crippen LogP contribution in [0.25, 0.3) is 0 Å². The number of benzene rings is 4. The van der Waals surface area contributed by atoms with Crippen LogP contribution in [0.3, 0.4) is 0 Å². The third-order valence-electron chi connectivity index (χ3n) is 6.54. The average Bonchev–Trinajstić information content (AvgIpc) is 3.10. The minimum Gasteiger partial charge on any atom is -0.494 e. The van der Waals surface area contributed by atoms with Crippen molar-refractivity contribution in [2.75, 3.05) is 37.9 Å². The molecule has 0 aromatic heterocycles. The van der Waals surface area contributed by atoms with Gasteiger partial charge in [0.1, 0.15) is 11.5 Å². The molecule has 0 fully saturated rings. The maximum atomic E-state index is 12.8. The predicted molar refractivity (Wildman–Crippen MR) is 196 cm³/mol. The fraction of sp³-hybridized carbons (Fsp3) is 0.242. The maximum absolute atomic E-state index is 12.8. The van der Waals surface area contributed by atoms with Gasteiger partial charge in [0.15, 0.2) is 0 Å². The van der Waals surface area contributed by atoms with Crippen LogP contribution in [0.1, 0.15) is 13.8 Å². The SMILES string of the molecule is CC(O)CNCC(C)O.COc1cc(N=Nc2cccc(S(=O)(=O)O)c2)ccc1NC(=O)Nc1ccc(N=Nc2cccc(S(=O)(=O)O)c2)cc1OC.[Na+]. The maximum Gasteiger partial charge on any atom is 1.00 e. The zero-order valence-corrected chi connectivity index (χ0v) is 33.5. The van der Waals surface area contributed by atoms with Crippen molar-refractivity contribution in [3.63, 3.8) is 0 Å². The molecule has 54 heavy (non-hydrogen) atoms. The van der Waals surface area contributed by atoms with Crippen molar-refractivity contribution in [1.29, 1.82) is 0 Å². The Hall–Kier alpha value is -4.35. The van der Waals surface area contributed by atoms with Crippen molar-refractivity contribution in [1.82, 2.24) is 5.32 Å². The Morgan fingerprint density at radius 3 is 1.30 bits per heavy atom. The third kappa shape index (κ3) is 15.6. The van der Waals surface area contributed by atoms with Gasteiger partial charge in [-0.05, 0) is 74.5 Å². The van der Waals surface area contributed by atoms with Gasteiger partial charge in [-0.2, -0.15) is 37.3 Å². The van der Waals surface area contributed by atoms with E-state index in [1.54, 1.807) is 26.0 Å². The summed E-state index contributed by atoms with van der Waals surface area (Å²) >= 11 is 0. The predicted octanol–water partition coefficient (Wildman–Crippen LogP) is 3.01. The molecule has 0 bridgehead atoms. The molecule has 0 heterocycles. The summed E-state index contributed by atoms with van der Waals surface area (Å²) in [7, 11) is -6.00. The summed E-state index contributed by atoms with van der Waals surface area (Å²) in [5.41, 5.74) is 1.65. The molecule has 2 atom stereocenters. The zero-order chi connectivity index (χ0) is 39.2. The van der Waals surface area contributed by atoms with Crippen molar-refractivity contribution >= 4 is 60.4 Å². The molecule has 2 unspecified atom stereocenters. The number of aliphatic hydroxyl groups is 2. The van der Waals surface area contributed by atoms with Crippen molar-refractivity contribution < 1.29 is 80.0 Å². The number of amides is 2. The summed E-state index contributed by atoms with van der Waals surface area (Å²) in [4.78, 5) is 12.1. The number of azo groups is 2. The molecule has 0 saturated heterocycles. The molecule has 284 valence electrons. The van der Waals surface area contributed by atoms with E-state index in [0.29, 0.717) is 35.8 Å². The molecule has 0 radical (unpaired) electrons. The number of nitrogens with one attached hydrogen (secondary N) is 3. The molecular weight excluding hydrogens is 758 g/mol. The van der Waals surface area contributed by atoms with E-state index in [1.807, 2.05) is 0 Å². The number of aliphatic hydroxyl groups excluding tert-OH is 2. The van der Waals surface area contributed by atoms with Gasteiger partial charge < -0.3 is 35.6 Å². The van der Waals surface area contributed by atoms with Crippen LogP contribution in [0, 0.1) is 0 Å². The van der Waals surface area contributed by atoms with E-state index in [0.717, 1.165) is 12.1 Å². The number of carbonyl (C=O) groups excluding carboxylic acids is 1. The first kappa shape index (κ1) is 45.8. The summed E-state index contributed by atoms with van der Waals surface area (Å²) in [6.07, 6.45) is -0.660. The molecule has 4 rings (SSSR count). The minimum atomic E-state index is -4.39. The first-order chi connectivity index (χ1) is 25.0. The smallest absolute Gasteiger partial charge is 0.494 e. The van der Waals surface area contributed by atoms with Gasteiger partial charge in [-0.3, -0.25) is 9.11 Å². The topological polar surface area (TPSA) is 270 Å². The molecule has 2 amide bonds. The molecular formula is C33H39N7NaO11S2+. The fourth-order valence-corrected chi connectivity index (χ4v) is 5.15. The van der Waals surface area contributed by atoms with Gasteiger partial charge in [0.2, 0.25) is 0 Å². The Morgan fingerprint density at radius 1 is 0.630 bits per heavy atom. The van der Waals surface area contributed by atoms with Gasteiger partial charge in [-0.15, -0.1) is 0 Å². The largest absolute Gasteiger partial charge is 1.00 e. The van der Waals surface area contributed by atoms with Crippen molar-refractivity contribution in [2.45, 2.75) is 35.8 Å². The van der Waals surface area contributed by atoms with Crippen LogP contribution in [-0.4, -0.2) is 81.7 Å². The van der Waals surface area contributed by atoms with Crippen LogP contribution in [0.15, 0.2) is 115 Å². The molecule has 4 aromatic carbocycles. The van der Waals surface area contributed by atoms with E-state index in [9.17, 15) is 30.7 Å². The number of methoxy groups -OCH3 is 2. The first-order valence-electron chi connectivity index (χ1n) is 15.5. The summed E-state index contributed by atoms with van der Waals surface area (Å²) in [6, 6.07) is 19.1. The number of carbonyl (C=O) groups is 1. The number of urea groups is 1. The second-order valence-electron chi connectivity index (χ2n) is 11.0. The number of ether oxygens (including phenoxy) is 2. The van der Waals surface area contributed by atoms with Crippen molar-refractivity contribution in [2.24, 2.45) is 20.5 Å². The zero-order valence-electron chi connectivity index (χ0n) is 29.9. The van der Waals surface area contributed by atoms with Crippen molar-refractivity contribution in [3.05, 3.63) is 84.9 Å². The van der Waals surface area contributed by atoms with Gasteiger partial charge in [0.25, 0.3) is 20.2 Å². The van der Waals surface area contributed by atoms with E-state index >= 15 is 0 Å². The molecule has 0 aliphatic rings. The summed E-state index contributed by atoms with van der Waals surface area (Å²) in [5, 5.41) is 41.7. The second-order valence-corrected chi connectivity index (χ2v) is 13.9. The van der Waals surface area contributed by atoms with Gasteiger partial charge in [0.05, 0.1) is 70.3 Å². The number of hydrogen-bond donors (Lipinski definition) is 7. The molecule has 7 N–H and O–H groups in total. The molecule has 4 aromatic rings. The minimum absolute atomic E-state index is 0. The number of anilines is 2. The average molecular weight is 797 g/mol. The molecule has 18 nitrogen and oxygen atoms in total. The van der Waals surface area contributed by atoms with Crippen LogP contribution in [-0.2, 0) is 20.2 Å². The Balaban J connectivity index is 0.000000894. The van der Waals surface area contributed by atoms with Crippen LogP contribution >= 0.6 is 0 Å². The first-order valence-corrected chi connectivity index (χ1v) is 18.4. The van der Waals surface area contributed by atoms with Gasteiger partial charge in [-0.1, -0.05) is 12.1 Å². The molecule has 21 heteroatoms. The summed E-state index contributed by atoms with van der Waals surface area (Å²) < 4.78 is 74.4. The monoisotopic (exact) mass is 796 g/mol. The van der Waals surface area contributed by atoms with Crippen molar-refractivity contribution in [3.8, 4) is 11.5 Å². The van der Waals surface area contributed by atoms with E-state index < -0.39 is 26.3 Å². The second kappa shape index (κ2) is 21.5. The molecule has 0 aliphatic carbocycles. The van der Waals surface area contributed by atoms with Gasteiger partial charge >= 0.3 is 35.6 Å². The molecule has 0 aliphatic heterocycles. The quantitative estimate of drug-likeness (QED) is 0.0552. The van der Waals surface area contributed by atoms with E-state index in [1.165, 1.54) is 74.9 Å². The number of hydrogen-bond acceptors (Lipinski definition) is 14. The van der Waals surface area contributed by atoms with Gasteiger partial charge in [0, 0.05) is 25.2 Å². The third-order valence-corrected chi connectivity index (χ3v) is 8.24. The molecule has 0 spiro atoms. The number of nitrogens with zero attached hydrogens (tertiary/aromatic N) is 4. The Bertz CT molecular complexity index is 2000. The fourth-order valence-electron chi connectivity index (χ4n) is 4.11. The Labute approximate surface area is 334 Å². The number of rotatable bonds is 14. The van der Waals surface area contributed by atoms with E-state index in [2.05, 4.69) is 36.4 Å². The Kier molecular flexibility index (Phi) is 18.3. The van der Waals surface area contributed by atoms with E-state index in [4.69, 9.17) is 19.7 Å². The van der Waals surface area contributed by atoms with Crippen LogP contribution in [0.2, 0.25) is 0 Å². The summed E-state index contributed by atoms with van der Waals surface area (Å²) in [6.45, 7) is 4.50. The van der Waals surface area contributed by atoms with Gasteiger partial charge in [-0.25, -0.2) is 4.79 Å². The standard InChI is InChI=1S/C27H24N6O9S2.C6H15NO2.Na/c1-41-25-15-19(32-30-17-5-3-7-21(13-17)43(35,36)37)9-11-23(25)28-27(34)29-24-12-10-20(16-26(24)42-2)33-31-18-6-4-8-22(14-18)44(38,39)40;1-5(8)3-7-4-6(2)9;/h3-16H,1-2H3,(H2,28,29,34)(H,35,36,37)(H,38,39,40);5-9H,3-4H2,1-2H3;/q;;+1. The Morgan fingerprint density at radius 2 is 0.981 bits per heavy atom. The summed E-state index contributed by atoms with van der Waals surface area (Å²) in [5.74, 6) is 0.508.